The first-order chi connectivity index (χ1) is 9.00. The van der Waals surface area contributed by atoms with Crippen LogP contribution in [0.2, 0.25) is 0 Å². The summed E-state index contributed by atoms with van der Waals surface area (Å²) >= 11 is 1.54. The lowest BCUT2D eigenvalue weighted by molar-refractivity contribution is -0.141. The van der Waals surface area contributed by atoms with Gasteiger partial charge in [0.1, 0.15) is 5.69 Å². The normalized spacial score (nSPS) is 13.3. The number of thiophene rings is 1. The molecule has 0 bridgehead atoms. The molecule has 0 aliphatic heterocycles. The molecular formula is C12H12F3N3S. The van der Waals surface area contributed by atoms with Gasteiger partial charge in [-0.15, -0.1) is 11.3 Å². The van der Waals surface area contributed by atoms with E-state index in [2.05, 4.69) is 15.3 Å². The van der Waals surface area contributed by atoms with Gasteiger partial charge < -0.3 is 5.32 Å². The van der Waals surface area contributed by atoms with E-state index in [0.717, 1.165) is 23.6 Å². The predicted octanol–water partition coefficient (Wildman–Crippen LogP) is 4.12. The molecule has 0 spiro atoms. The molecule has 0 aliphatic carbocycles. The maximum absolute atomic E-state index is 12.5. The second-order valence-corrected chi connectivity index (χ2v) is 4.86. The molecular weight excluding hydrogens is 275 g/mol. The van der Waals surface area contributed by atoms with Gasteiger partial charge in [-0.25, -0.2) is 9.97 Å². The minimum Gasteiger partial charge on any atom is -0.347 e. The van der Waals surface area contributed by atoms with Crippen LogP contribution in [0, 0.1) is 0 Å². The van der Waals surface area contributed by atoms with Crippen LogP contribution in [0.4, 0.5) is 19.1 Å². The molecule has 2 heterocycles. The summed E-state index contributed by atoms with van der Waals surface area (Å²) in [7, 11) is 0. The summed E-state index contributed by atoms with van der Waals surface area (Å²) in [6, 6.07) is 4.61. The van der Waals surface area contributed by atoms with Gasteiger partial charge in [-0.1, -0.05) is 13.0 Å². The second-order valence-electron chi connectivity index (χ2n) is 3.88. The van der Waals surface area contributed by atoms with Crippen LogP contribution in [0.25, 0.3) is 0 Å². The minimum atomic E-state index is -4.45. The lowest BCUT2D eigenvalue weighted by Crippen LogP contribution is -2.14. The summed E-state index contributed by atoms with van der Waals surface area (Å²) in [5, 5.41) is 4.86. The van der Waals surface area contributed by atoms with Crippen molar-refractivity contribution in [1.29, 1.82) is 0 Å². The molecule has 0 aliphatic rings. The number of alkyl halides is 3. The van der Waals surface area contributed by atoms with Crippen LogP contribution in [0.5, 0.6) is 0 Å². The highest BCUT2D eigenvalue weighted by Gasteiger charge is 2.32. The Labute approximate surface area is 112 Å². The highest BCUT2D eigenvalue weighted by atomic mass is 32.1. The van der Waals surface area contributed by atoms with Crippen molar-refractivity contribution < 1.29 is 13.2 Å². The van der Waals surface area contributed by atoms with E-state index >= 15 is 0 Å². The van der Waals surface area contributed by atoms with Gasteiger partial charge in [0, 0.05) is 11.1 Å². The van der Waals surface area contributed by atoms with E-state index in [-0.39, 0.29) is 12.0 Å². The number of rotatable bonds is 4. The van der Waals surface area contributed by atoms with Gasteiger partial charge >= 0.3 is 6.18 Å². The van der Waals surface area contributed by atoms with E-state index in [1.165, 1.54) is 0 Å². The predicted molar refractivity (Wildman–Crippen MR) is 68.0 cm³/mol. The van der Waals surface area contributed by atoms with Crippen LogP contribution in [-0.4, -0.2) is 9.97 Å². The molecule has 2 aromatic heterocycles. The van der Waals surface area contributed by atoms with Crippen molar-refractivity contribution in [3.05, 3.63) is 40.3 Å². The van der Waals surface area contributed by atoms with Crippen LogP contribution in [0.3, 0.4) is 0 Å². The zero-order valence-corrected chi connectivity index (χ0v) is 10.9. The van der Waals surface area contributed by atoms with Crippen molar-refractivity contribution in [1.82, 2.24) is 9.97 Å². The van der Waals surface area contributed by atoms with E-state index < -0.39 is 11.9 Å². The number of hydrogen-bond acceptors (Lipinski definition) is 4. The molecule has 1 N–H and O–H groups in total. The first-order valence-electron chi connectivity index (χ1n) is 5.71. The quantitative estimate of drug-likeness (QED) is 0.919. The Kier molecular flexibility index (Phi) is 4.04. The number of nitrogens with one attached hydrogen (secondary N) is 1. The molecule has 0 saturated heterocycles. The SMILES string of the molecule is CCC(Nc1nccc(C(F)(F)F)n1)c1cccs1. The summed E-state index contributed by atoms with van der Waals surface area (Å²) in [6.07, 6.45) is -2.61. The van der Waals surface area contributed by atoms with E-state index in [1.807, 2.05) is 24.4 Å². The Hall–Kier alpha value is -1.63. The van der Waals surface area contributed by atoms with Crippen molar-refractivity contribution >= 4 is 17.3 Å². The molecule has 3 nitrogen and oxygen atoms in total. The van der Waals surface area contributed by atoms with Crippen molar-refractivity contribution in [2.45, 2.75) is 25.6 Å². The van der Waals surface area contributed by atoms with Crippen LogP contribution in [0.15, 0.2) is 29.8 Å². The van der Waals surface area contributed by atoms with Gasteiger partial charge in [-0.05, 0) is 23.9 Å². The van der Waals surface area contributed by atoms with Crippen LogP contribution >= 0.6 is 11.3 Å². The summed E-state index contributed by atoms with van der Waals surface area (Å²) in [5.74, 6) is -0.00456. The topological polar surface area (TPSA) is 37.8 Å². The van der Waals surface area contributed by atoms with Crippen LogP contribution < -0.4 is 5.32 Å². The largest absolute Gasteiger partial charge is 0.433 e. The fourth-order valence-corrected chi connectivity index (χ4v) is 2.47. The maximum atomic E-state index is 12.5. The molecule has 0 amide bonds. The number of halogens is 3. The van der Waals surface area contributed by atoms with E-state index in [1.54, 1.807) is 11.3 Å². The third kappa shape index (κ3) is 3.44. The van der Waals surface area contributed by atoms with Crippen LogP contribution in [-0.2, 0) is 6.18 Å². The van der Waals surface area contributed by atoms with Crippen molar-refractivity contribution in [3.63, 3.8) is 0 Å². The average molecular weight is 287 g/mol. The van der Waals surface area contributed by atoms with Gasteiger partial charge in [-0.3, -0.25) is 0 Å². The molecule has 0 radical (unpaired) electrons. The maximum Gasteiger partial charge on any atom is 0.433 e. The standard InChI is InChI=1S/C12H12F3N3S/c1-2-8(9-4-3-7-19-9)17-11-16-6-5-10(18-11)12(13,14)15/h3-8H,2H2,1H3,(H,16,17,18). The zero-order chi connectivity index (χ0) is 13.9. The number of hydrogen-bond donors (Lipinski definition) is 1. The summed E-state index contributed by atoms with van der Waals surface area (Å²) < 4.78 is 37.6. The number of nitrogens with zero attached hydrogens (tertiary/aromatic N) is 2. The molecule has 2 rings (SSSR count). The first-order valence-corrected chi connectivity index (χ1v) is 6.59. The molecule has 7 heteroatoms. The monoisotopic (exact) mass is 287 g/mol. The Morgan fingerprint density at radius 2 is 2.16 bits per heavy atom. The van der Waals surface area contributed by atoms with E-state index in [4.69, 9.17) is 0 Å². The third-order valence-electron chi connectivity index (χ3n) is 2.54. The van der Waals surface area contributed by atoms with Gasteiger partial charge in [0.2, 0.25) is 5.95 Å². The molecule has 1 unspecified atom stereocenters. The van der Waals surface area contributed by atoms with Gasteiger partial charge in [0.15, 0.2) is 0 Å². The van der Waals surface area contributed by atoms with Gasteiger partial charge in [0.05, 0.1) is 6.04 Å². The lowest BCUT2D eigenvalue weighted by atomic mass is 10.2. The van der Waals surface area contributed by atoms with Crippen molar-refractivity contribution in [2.24, 2.45) is 0 Å². The van der Waals surface area contributed by atoms with Crippen molar-refractivity contribution in [2.75, 3.05) is 5.32 Å². The molecule has 0 fully saturated rings. The first kappa shape index (κ1) is 13.8. The van der Waals surface area contributed by atoms with E-state index in [0.29, 0.717) is 0 Å². The molecule has 0 saturated carbocycles. The molecule has 102 valence electrons. The Balaban J connectivity index is 2.19. The zero-order valence-electron chi connectivity index (χ0n) is 10.1. The van der Waals surface area contributed by atoms with Crippen LogP contribution in [0.1, 0.15) is 30.0 Å². The van der Waals surface area contributed by atoms with E-state index in [9.17, 15) is 13.2 Å². The number of anilines is 1. The van der Waals surface area contributed by atoms with Gasteiger partial charge in [0.25, 0.3) is 0 Å². The van der Waals surface area contributed by atoms with Gasteiger partial charge in [-0.2, -0.15) is 13.2 Å². The Bertz CT molecular complexity index is 525. The average Bonchev–Trinajstić information content (AvgIpc) is 2.89. The summed E-state index contributed by atoms with van der Waals surface area (Å²) in [4.78, 5) is 8.38. The summed E-state index contributed by atoms with van der Waals surface area (Å²) in [6.45, 7) is 1.95. The number of aromatic nitrogens is 2. The highest BCUT2D eigenvalue weighted by molar-refractivity contribution is 7.10. The third-order valence-corrected chi connectivity index (χ3v) is 3.53. The summed E-state index contributed by atoms with van der Waals surface area (Å²) in [5.41, 5.74) is -0.939. The molecule has 0 aromatic carbocycles. The van der Waals surface area contributed by atoms with Crippen molar-refractivity contribution in [3.8, 4) is 0 Å². The fraction of sp³-hybridized carbons (Fsp3) is 0.333. The molecule has 1 atom stereocenters. The smallest absolute Gasteiger partial charge is 0.347 e. The second kappa shape index (κ2) is 5.56. The molecule has 19 heavy (non-hydrogen) atoms. The fourth-order valence-electron chi connectivity index (χ4n) is 1.61. The minimum absolute atomic E-state index is 0.00456. The molecule has 2 aromatic rings. The lowest BCUT2D eigenvalue weighted by Gasteiger charge is -2.16. The Morgan fingerprint density at radius 1 is 1.37 bits per heavy atom. The highest BCUT2D eigenvalue weighted by Crippen LogP contribution is 2.29. The Morgan fingerprint density at radius 3 is 2.74 bits per heavy atom.